The average molecular weight is 194 g/mol. The number of aliphatic hydroxyl groups excluding tert-OH is 1. The number of carbonyl (C=O) groups is 1. The number of rotatable bonds is 4. The van der Waals surface area contributed by atoms with Gasteiger partial charge >= 0.3 is 0 Å². The van der Waals surface area contributed by atoms with E-state index in [1.807, 2.05) is 0 Å². The molecule has 0 radical (unpaired) electrons. The van der Waals surface area contributed by atoms with Crippen molar-refractivity contribution in [2.24, 2.45) is 5.41 Å². The Balaban J connectivity index is 4.03. The van der Waals surface area contributed by atoms with E-state index in [2.05, 4.69) is 5.32 Å². The number of carbonyl (C=O) groups excluding carboxylic acids is 1. The van der Waals surface area contributed by atoms with Crippen LogP contribution in [-0.4, -0.2) is 29.5 Å². The lowest BCUT2D eigenvalue weighted by Crippen LogP contribution is -2.43. The average Bonchev–Trinajstić information content (AvgIpc) is 2.04. The summed E-state index contributed by atoms with van der Waals surface area (Å²) in [5.74, 6) is 0.149. The monoisotopic (exact) mass is 193 g/mol. The Morgan fingerprint density at radius 1 is 1.67 bits per heavy atom. The van der Waals surface area contributed by atoms with Crippen LogP contribution in [-0.2, 0) is 4.79 Å². The summed E-state index contributed by atoms with van der Waals surface area (Å²) < 4.78 is 0. The molecule has 0 aromatic heterocycles. The number of aliphatic hydroxyl groups is 1. The predicted octanol–water partition coefficient (Wildman–Crippen LogP) is 0.748. The van der Waals surface area contributed by atoms with Crippen LogP contribution in [0.4, 0.5) is 0 Å². The van der Waals surface area contributed by atoms with Gasteiger partial charge in [0.2, 0.25) is 5.91 Å². The molecule has 0 heterocycles. The van der Waals surface area contributed by atoms with E-state index < -0.39 is 5.41 Å². The van der Waals surface area contributed by atoms with Gasteiger partial charge in [0.25, 0.3) is 0 Å². The maximum atomic E-state index is 11.4. The number of hydrogen-bond acceptors (Lipinski definition) is 2. The van der Waals surface area contributed by atoms with Gasteiger partial charge in [-0.1, -0.05) is 0 Å². The zero-order valence-corrected chi connectivity index (χ0v) is 8.48. The second-order valence-electron chi connectivity index (χ2n) is 3.57. The quantitative estimate of drug-likeness (QED) is 0.648. The van der Waals surface area contributed by atoms with Crippen LogP contribution < -0.4 is 5.32 Å². The van der Waals surface area contributed by atoms with E-state index in [9.17, 15) is 4.79 Å². The third kappa shape index (κ3) is 3.41. The minimum atomic E-state index is -0.564. The molecule has 0 fully saturated rings. The van der Waals surface area contributed by atoms with E-state index in [4.69, 9.17) is 16.7 Å². The van der Waals surface area contributed by atoms with Crippen LogP contribution in [0.25, 0.3) is 0 Å². The summed E-state index contributed by atoms with van der Waals surface area (Å²) in [6.07, 6.45) is 0. The van der Waals surface area contributed by atoms with Gasteiger partial charge in [-0.3, -0.25) is 4.79 Å². The lowest BCUT2D eigenvalue weighted by Gasteiger charge is -2.22. The van der Waals surface area contributed by atoms with Gasteiger partial charge in [0.05, 0.1) is 12.0 Å². The van der Waals surface area contributed by atoms with Crippen molar-refractivity contribution in [2.75, 3.05) is 12.5 Å². The smallest absolute Gasteiger partial charge is 0.227 e. The molecule has 0 spiro atoms. The molecule has 4 heteroatoms. The Morgan fingerprint density at radius 3 is 2.50 bits per heavy atom. The SMILES string of the molecule is C[C@H](CO)NC(=O)C(C)(C)CCl. The molecule has 12 heavy (non-hydrogen) atoms. The minimum Gasteiger partial charge on any atom is -0.394 e. The first-order valence-corrected chi connectivity index (χ1v) is 4.45. The molecule has 0 aromatic carbocycles. The molecule has 72 valence electrons. The van der Waals surface area contributed by atoms with Gasteiger partial charge in [-0.05, 0) is 20.8 Å². The summed E-state index contributed by atoms with van der Waals surface area (Å²) in [4.78, 5) is 11.4. The van der Waals surface area contributed by atoms with E-state index in [1.165, 1.54) is 0 Å². The summed E-state index contributed by atoms with van der Waals surface area (Å²) in [5.41, 5.74) is -0.564. The standard InChI is InChI=1S/C8H16ClNO2/c1-6(4-11)10-7(12)8(2,3)5-9/h6,11H,4-5H2,1-3H3,(H,10,12)/t6-/m1/s1. The molecular formula is C8H16ClNO2. The fourth-order valence-corrected chi connectivity index (χ4v) is 0.647. The van der Waals surface area contributed by atoms with Crippen LogP contribution in [0.2, 0.25) is 0 Å². The third-order valence-corrected chi connectivity index (χ3v) is 2.27. The highest BCUT2D eigenvalue weighted by atomic mass is 35.5. The van der Waals surface area contributed by atoms with E-state index in [0.717, 1.165) is 0 Å². The van der Waals surface area contributed by atoms with Gasteiger partial charge in [0.15, 0.2) is 0 Å². The molecule has 1 atom stereocenters. The second-order valence-corrected chi connectivity index (χ2v) is 3.84. The molecule has 0 bridgehead atoms. The molecule has 0 aliphatic carbocycles. The summed E-state index contributed by atoms with van der Waals surface area (Å²) in [6.45, 7) is 5.21. The van der Waals surface area contributed by atoms with E-state index in [-0.39, 0.29) is 24.4 Å². The van der Waals surface area contributed by atoms with Gasteiger partial charge in [0, 0.05) is 11.9 Å². The minimum absolute atomic E-state index is 0.0515. The van der Waals surface area contributed by atoms with Crippen LogP contribution in [0.15, 0.2) is 0 Å². The van der Waals surface area contributed by atoms with Crippen molar-refractivity contribution in [3.05, 3.63) is 0 Å². The summed E-state index contributed by atoms with van der Waals surface area (Å²) in [5, 5.41) is 11.3. The van der Waals surface area contributed by atoms with Crippen LogP contribution in [0.1, 0.15) is 20.8 Å². The fraction of sp³-hybridized carbons (Fsp3) is 0.875. The van der Waals surface area contributed by atoms with Gasteiger partial charge in [-0.25, -0.2) is 0 Å². The van der Waals surface area contributed by atoms with Gasteiger partial charge in [-0.2, -0.15) is 0 Å². The molecule has 0 aliphatic rings. The van der Waals surface area contributed by atoms with Crippen LogP contribution >= 0.6 is 11.6 Å². The normalized spacial score (nSPS) is 14.1. The van der Waals surface area contributed by atoms with Crippen LogP contribution in [0.5, 0.6) is 0 Å². The van der Waals surface area contributed by atoms with Crippen molar-refractivity contribution in [3.8, 4) is 0 Å². The summed E-state index contributed by atoms with van der Waals surface area (Å²) in [7, 11) is 0. The molecule has 0 aliphatic heterocycles. The Morgan fingerprint density at radius 2 is 2.17 bits per heavy atom. The van der Waals surface area contributed by atoms with Crippen LogP contribution in [0.3, 0.4) is 0 Å². The molecule has 0 aromatic rings. The van der Waals surface area contributed by atoms with Crippen molar-refractivity contribution in [3.63, 3.8) is 0 Å². The fourth-order valence-electron chi connectivity index (χ4n) is 0.525. The summed E-state index contributed by atoms with van der Waals surface area (Å²) in [6, 6.07) is -0.208. The van der Waals surface area contributed by atoms with Crippen molar-refractivity contribution >= 4 is 17.5 Å². The Bertz CT molecular complexity index is 159. The highest BCUT2D eigenvalue weighted by Gasteiger charge is 2.26. The van der Waals surface area contributed by atoms with Crippen molar-refractivity contribution in [2.45, 2.75) is 26.8 Å². The topological polar surface area (TPSA) is 49.3 Å². The lowest BCUT2D eigenvalue weighted by molar-refractivity contribution is -0.129. The number of nitrogens with one attached hydrogen (secondary N) is 1. The van der Waals surface area contributed by atoms with Gasteiger partial charge in [-0.15, -0.1) is 11.6 Å². The van der Waals surface area contributed by atoms with Crippen LogP contribution in [0, 0.1) is 5.41 Å². The largest absolute Gasteiger partial charge is 0.394 e. The van der Waals surface area contributed by atoms with Crippen molar-refractivity contribution < 1.29 is 9.90 Å². The highest BCUT2D eigenvalue weighted by Crippen LogP contribution is 2.16. The highest BCUT2D eigenvalue weighted by molar-refractivity contribution is 6.19. The number of amides is 1. The van der Waals surface area contributed by atoms with Crippen molar-refractivity contribution in [1.29, 1.82) is 0 Å². The molecule has 0 saturated carbocycles. The Kier molecular flexibility index (Phi) is 4.57. The molecule has 0 unspecified atom stereocenters. The molecule has 1 amide bonds. The van der Waals surface area contributed by atoms with E-state index >= 15 is 0 Å². The van der Waals surface area contributed by atoms with Gasteiger partial charge in [0.1, 0.15) is 0 Å². The Labute approximate surface area is 78.1 Å². The second kappa shape index (κ2) is 4.67. The zero-order chi connectivity index (χ0) is 9.78. The van der Waals surface area contributed by atoms with Crippen molar-refractivity contribution in [1.82, 2.24) is 5.32 Å². The number of halogens is 1. The first-order valence-electron chi connectivity index (χ1n) is 3.92. The number of hydrogen-bond donors (Lipinski definition) is 2. The maximum Gasteiger partial charge on any atom is 0.227 e. The van der Waals surface area contributed by atoms with E-state index in [1.54, 1.807) is 20.8 Å². The molecule has 3 nitrogen and oxygen atoms in total. The summed E-state index contributed by atoms with van der Waals surface area (Å²) >= 11 is 5.59. The molecule has 2 N–H and O–H groups in total. The molecular weight excluding hydrogens is 178 g/mol. The maximum absolute atomic E-state index is 11.4. The molecule has 0 saturated heterocycles. The first kappa shape index (κ1) is 11.7. The van der Waals surface area contributed by atoms with Gasteiger partial charge < -0.3 is 10.4 Å². The zero-order valence-electron chi connectivity index (χ0n) is 7.72. The molecule has 0 rings (SSSR count). The van der Waals surface area contributed by atoms with E-state index in [0.29, 0.717) is 0 Å². The Hall–Kier alpha value is -0.280. The first-order chi connectivity index (χ1) is 5.44. The number of alkyl halides is 1. The predicted molar refractivity (Wildman–Crippen MR) is 49.2 cm³/mol. The third-order valence-electron chi connectivity index (χ3n) is 1.60. The lowest BCUT2D eigenvalue weighted by atomic mass is 9.95.